The molecule has 1 N–H and O–H groups in total. The number of carbonyl (C=O) groups is 1. The number of aromatic nitrogens is 1. The van der Waals surface area contributed by atoms with Crippen molar-refractivity contribution in [1.82, 2.24) is 4.98 Å². The van der Waals surface area contributed by atoms with Crippen molar-refractivity contribution in [3.05, 3.63) is 24.1 Å². The summed E-state index contributed by atoms with van der Waals surface area (Å²) in [6.07, 6.45) is 0. The molecule has 1 aromatic carbocycles. The summed E-state index contributed by atoms with van der Waals surface area (Å²) in [6, 6.07) is 5.72. The van der Waals surface area contributed by atoms with E-state index in [9.17, 15) is 4.79 Å². The molecule has 1 heterocycles. The second-order valence-corrected chi connectivity index (χ2v) is 5.89. The zero-order valence-corrected chi connectivity index (χ0v) is 11.4. The number of oxazole rings is 1. The van der Waals surface area contributed by atoms with E-state index in [4.69, 9.17) is 9.52 Å². The second kappa shape index (κ2) is 4.65. The van der Waals surface area contributed by atoms with Gasteiger partial charge in [-0.2, -0.15) is 0 Å². The van der Waals surface area contributed by atoms with Gasteiger partial charge in [0.2, 0.25) is 0 Å². The highest BCUT2D eigenvalue weighted by Crippen LogP contribution is 2.29. The summed E-state index contributed by atoms with van der Waals surface area (Å²) in [5.41, 5.74) is 0.833. The van der Waals surface area contributed by atoms with Crippen LogP contribution in [0.25, 0.3) is 11.1 Å². The van der Waals surface area contributed by atoms with Crippen molar-refractivity contribution in [3.63, 3.8) is 0 Å². The number of hydrogen-bond acceptors (Lipinski definition) is 4. The summed E-state index contributed by atoms with van der Waals surface area (Å²) in [5.74, 6) is 0.372. The number of aliphatic carboxylic acids is 1. The summed E-state index contributed by atoms with van der Waals surface area (Å²) < 4.78 is 5.39. The summed E-state index contributed by atoms with van der Waals surface area (Å²) in [4.78, 5) is 16.3. The highest BCUT2D eigenvalue weighted by molar-refractivity contribution is 7.99. The van der Waals surface area contributed by atoms with E-state index in [0.717, 1.165) is 16.0 Å². The van der Waals surface area contributed by atoms with E-state index in [2.05, 4.69) is 4.98 Å². The third kappa shape index (κ3) is 2.67. The van der Waals surface area contributed by atoms with Gasteiger partial charge >= 0.3 is 5.97 Å². The van der Waals surface area contributed by atoms with Crippen LogP contribution in [0.15, 0.2) is 27.5 Å². The molecule has 0 fully saturated rings. The van der Waals surface area contributed by atoms with Crippen LogP contribution < -0.4 is 0 Å². The lowest BCUT2D eigenvalue weighted by molar-refractivity contribution is -0.145. The van der Waals surface area contributed by atoms with Gasteiger partial charge in [0.25, 0.3) is 0 Å². The molecule has 2 rings (SSSR count). The van der Waals surface area contributed by atoms with E-state index >= 15 is 0 Å². The summed E-state index contributed by atoms with van der Waals surface area (Å²) in [5, 5.41) is 9.05. The maximum absolute atomic E-state index is 11.0. The molecule has 96 valence electrons. The number of nitrogens with zero attached hydrogens (tertiary/aromatic N) is 1. The van der Waals surface area contributed by atoms with Crippen molar-refractivity contribution in [2.75, 3.05) is 5.75 Å². The van der Waals surface area contributed by atoms with Crippen LogP contribution in [0, 0.1) is 12.3 Å². The van der Waals surface area contributed by atoms with Crippen molar-refractivity contribution in [3.8, 4) is 0 Å². The lowest BCUT2D eigenvalue weighted by Crippen LogP contribution is -2.26. The standard InChI is InChI=1S/C13H15NO3S/c1-8-14-10-6-9(4-5-11(10)17-8)18-7-13(2,3)12(15)16/h4-6H,7H2,1-3H3,(H,15,16). The fourth-order valence-corrected chi connectivity index (χ4v) is 2.45. The van der Waals surface area contributed by atoms with Gasteiger partial charge in [-0.05, 0) is 32.0 Å². The molecule has 1 aromatic heterocycles. The quantitative estimate of drug-likeness (QED) is 0.859. The minimum atomic E-state index is -0.784. The molecule has 18 heavy (non-hydrogen) atoms. The van der Waals surface area contributed by atoms with Gasteiger partial charge in [0.15, 0.2) is 11.5 Å². The van der Waals surface area contributed by atoms with Crippen LogP contribution in [0.3, 0.4) is 0 Å². The third-order valence-electron chi connectivity index (χ3n) is 2.64. The minimum Gasteiger partial charge on any atom is -0.481 e. The normalized spacial score (nSPS) is 11.9. The van der Waals surface area contributed by atoms with Gasteiger partial charge in [0.05, 0.1) is 5.41 Å². The predicted octanol–water partition coefficient (Wildman–Crippen LogP) is 3.34. The molecule has 0 saturated heterocycles. The van der Waals surface area contributed by atoms with Crippen LogP contribution in [0.2, 0.25) is 0 Å². The molecule has 0 aliphatic carbocycles. The molecule has 0 radical (unpaired) electrons. The first-order valence-corrected chi connectivity index (χ1v) is 6.60. The summed E-state index contributed by atoms with van der Waals surface area (Å²) in [7, 11) is 0. The van der Waals surface area contributed by atoms with Crippen molar-refractivity contribution in [2.24, 2.45) is 5.41 Å². The van der Waals surface area contributed by atoms with Crippen LogP contribution >= 0.6 is 11.8 Å². The Kier molecular flexibility index (Phi) is 3.34. The van der Waals surface area contributed by atoms with Gasteiger partial charge in [-0.25, -0.2) is 4.98 Å². The number of fused-ring (bicyclic) bond motifs is 1. The van der Waals surface area contributed by atoms with Crippen LogP contribution in [0.4, 0.5) is 0 Å². The topological polar surface area (TPSA) is 63.3 Å². The van der Waals surface area contributed by atoms with E-state index in [0.29, 0.717) is 11.6 Å². The van der Waals surface area contributed by atoms with Crippen LogP contribution in [-0.4, -0.2) is 21.8 Å². The Bertz CT molecular complexity index is 589. The molecule has 0 atom stereocenters. The van der Waals surface area contributed by atoms with Gasteiger partial charge in [-0.3, -0.25) is 4.79 Å². The van der Waals surface area contributed by atoms with Crippen LogP contribution in [0.5, 0.6) is 0 Å². The molecule has 0 saturated carbocycles. The van der Waals surface area contributed by atoms with Gasteiger partial charge in [-0.15, -0.1) is 11.8 Å². The Morgan fingerprint density at radius 2 is 2.22 bits per heavy atom. The van der Waals surface area contributed by atoms with E-state index in [-0.39, 0.29) is 0 Å². The first kappa shape index (κ1) is 13.0. The second-order valence-electron chi connectivity index (χ2n) is 4.84. The SMILES string of the molecule is Cc1nc2cc(SCC(C)(C)C(=O)O)ccc2o1. The van der Waals surface area contributed by atoms with E-state index in [1.807, 2.05) is 18.2 Å². The molecule has 0 amide bonds. The van der Waals surface area contributed by atoms with Crippen molar-refractivity contribution in [2.45, 2.75) is 25.7 Å². The molecular formula is C13H15NO3S. The minimum absolute atomic E-state index is 0.519. The molecule has 0 unspecified atom stereocenters. The van der Waals surface area contributed by atoms with Gasteiger partial charge < -0.3 is 9.52 Å². The van der Waals surface area contributed by atoms with Crippen LogP contribution in [0.1, 0.15) is 19.7 Å². The molecule has 5 heteroatoms. The van der Waals surface area contributed by atoms with Crippen molar-refractivity contribution >= 4 is 28.8 Å². The van der Waals surface area contributed by atoms with E-state index < -0.39 is 11.4 Å². The smallest absolute Gasteiger partial charge is 0.309 e. The number of carboxylic acids is 1. The third-order valence-corrected chi connectivity index (χ3v) is 4.10. The fourth-order valence-electron chi connectivity index (χ4n) is 1.44. The zero-order chi connectivity index (χ0) is 13.3. The lowest BCUT2D eigenvalue weighted by Gasteiger charge is -2.17. The Hall–Kier alpha value is -1.49. The number of rotatable bonds is 4. The molecular weight excluding hydrogens is 250 g/mol. The summed E-state index contributed by atoms with van der Waals surface area (Å²) >= 11 is 1.52. The molecule has 0 spiro atoms. The highest BCUT2D eigenvalue weighted by atomic mass is 32.2. The maximum atomic E-state index is 11.0. The Morgan fingerprint density at radius 3 is 2.89 bits per heavy atom. The fraction of sp³-hybridized carbons (Fsp3) is 0.385. The average molecular weight is 265 g/mol. The number of benzene rings is 1. The monoisotopic (exact) mass is 265 g/mol. The van der Waals surface area contributed by atoms with E-state index in [1.54, 1.807) is 20.8 Å². The van der Waals surface area contributed by atoms with Gasteiger partial charge in [0, 0.05) is 17.6 Å². The highest BCUT2D eigenvalue weighted by Gasteiger charge is 2.27. The Balaban J connectivity index is 2.15. The number of aryl methyl sites for hydroxylation is 1. The molecule has 2 aromatic rings. The van der Waals surface area contributed by atoms with Crippen molar-refractivity contribution < 1.29 is 14.3 Å². The number of hydrogen-bond donors (Lipinski definition) is 1. The number of carboxylic acid groups (broad SMARTS) is 1. The zero-order valence-electron chi connectivity index (χ0n) is 10.6. The first-order valence-electron chi connectivity index (χ1n) is 5.62. The summed E-state index contributed by atoms with van der Waals surface area (Å²) in [6.45, 7) is 5.25. The van der Waals surface area contributed by atoms with Crippen LogP contribution in [-0.2, 0) is 4.79 Å². The van der Waals surface area contributed by atoms with Gasteiger partial charge in [0.1, 0.15) is 5.52 Å². The molecule has 0 aliphatic heterocycles. The number of thioether (sulfide) groups is 1. The maximum Gasteiger partial charge on any atom is 0.309 e. The Morgan fingerprint density at radius 1 is 1.50 bits per heavy atom. The molecule has 0 bridgehead atoms. The van der Waals surface area contributed by atoms with Gasteiger partial charge in [-0.1, -0.05) is 0 Å². The Labute approximate surface area is 109 Å². The first-order chi connectivity index (χ1) is 8.38. The lowest BCUT2D eigenvalue weighted by atomic mass is 9.97. The van der Waals surface area contributed by atoms with E-state index in [1.165, 1.54) is 11.8 Å². The largest absolute Gasteiger partial charge is 0.481 e. The molecule has 4 nitrogen and oxygen atoms in total. The predicted molar refractivity (Wildman–Crippen MR) is 70.9 cm³/mol. The molecule has 0 aliphatic rings. The van der Waals surface area contributed by atoms with Crippen molar-refractivity contribution in [1.29, 1.82) is 0 Å². The average Bonchev–Trinajstić information content (AvgIpc) is 2.65.